The van der Waals surface area contributed by atoms with Gasteiger partial charge in [-0.3, -0.25) is 9.78 Å². The van der Waals surface area contributed by atoms with E-state index >= 15 is 0 Å². The summed E-state index contributed by atoms with van der Waals surface area (Å²) in [6.07, 6.45) is 4.54. The Hall–Kier alpha value is -2.09. The molecule has 0 spiro atoms. The molecule has 0 radical (unpaired) electrons. The minimum Gasteiger partial charge on any atom is -0.384 e. The fourth-order valence-electron chi connectivity index (χ4n) is 1.50. The number of anilines is 1. The van der Waals surface area contributed by atoms with E-state index in [4.69, 9.17) is 5.26 Å². The van der Waals surface area contributed by atoms with Gasteiger partial charge in [-0.15, -0.1) is 0 Å². The van der Waals surface area contributed by atoms with Gasteiger partial charge in [0, 0.05) is 32.5 Å². The summed E-state index contributed by atoms with van der Waals surface area (Å²) in [6, 6.07) is 3.82. The first kappa shape index (κ1) is 14.0. The van der Waals surface area contributed by atoms with E-state index in [0.29, 0.717) is 18.5 Å². The van der Waals surface area contributed by atoms with E-state index in [-0.39, 0.29) is 5.91 Å². The van der Waals surface area contributed by atoms with Crippen molar-refractivity contribution in [3.63, 3.8) is 0 Å². The first-order valence-corrected chi connectivity index (χ1v) is 6.01. The second kappa shape index (κ2) is 7.28. The number of amides is 1. The van der Waals surface area contributed by atoms with Gasteiger partial charge in [-0.05, 0) is 12.5 Å². The number of hydrogen-bond donors (Lipinski definition) is 1. The van der Waals surface area contributed by atoms with Gasteiger partial charge in [0.2, 0.25) is 0 Å². The summed E-state index contributed by atoms with van der Waals surface area (Å²) in [4.78, 5) is 17.7. The maximum atomic E-state index is 12.2. The molecule has 5 heteroatoms. The minimum atomic E-state index is -0.114. The van der Waals surface area contributed by atoms with Crippen molar-refractivity contribution in [3.05, 3.63) is 24.0 Å². The predicted molar refractivity (Wildman–Crippen MR) is 70.2 cm³/mol. The van der Waals surface area contributed by atoms with E-state index in [0.717, 1.165) is 18.7 Å². The van der Waals surface area contributed by atoms with Crippen LogP contribution < -0.4 is 5.32 Å². The Labute approximate surface area is 107 Å². The van der Waals surface area contributed by atoms with Gasteiger partial charge in [-0.1, -0.05) is 6.92 Å². The Bertz CT molecular complexity index is 439. The summed E-state index contributed by atoms with van der Waals surface area (Å²) in [5.74, 6) is -0.114. The molecule has 1 aromatic heterocycles. The van der Waals surface area contributed by atoms with Crippen LogP contribution in [0.3, 0.4) is 0 Å². The third kappa shape index (κ3) is 3.74. The highest BCUT2D eigenvalue weighted by atomic mass is 16.2. The molecule has 0 fully saturated rings. The fraction of sp³-hybridized carbons (Fsp3) is 0.462. The minimum absolute atomic E-state index is 0.114. The molecule has 0 aliphatic carbocycles. The molecule has 0 atom stereocenters. The zero-order valence-electron chi connectivity index (χ0n) is 10.8. The number of aromatic nitrogens is 1. The SMILES string of the molecule is CCCNc1ccncc1C(=O)N(C)CCC#N. The van der Waals surface area contributed by atoms with Crippen LogP contribution in [0.1, 0.15) is 30.1 Å². The van der Waals surface area contributed by atoms with E-state index in [9.17, 15) is 4.79 Å². The second-order valence-electron chi connectivity index (χ2n) is 3.98. The van der Waals surface area contributed by atoms with Crippen molar-refractivity contribution in [2.75, 3.05) is 25.5 Å². The lowest BCUT2D eigenvalue weighted by Crippen LogP contribution is -2.28. The van der Waals surface area contributed by atoms with Crippen molar-refractivity contribution >= 4 is 11.6 Å². The lowest BCUT2D eigenvalue weighted by Gasteiger charge is -2.17. The third-order valence-electron chi connectivity index (χ3n) is 2.52. The van der Waals surface area contributed by atoms with Gasteiger partial charge in [0.05, 0.1) is 23.7 Å². The number of rotatable bonds is 6. The molecule has 0 saturated heterocycles. The Kier molecular flexibility index (Phi) is 5.65. The van der Waals surface area contributed by atoms with Crippen LogP contribution in [0.15, 0.2) is 18.5 Å². The predicted octanol–water partition coefficient (Wildman–Crippen LogP) is 1.89. The Morgan fingerprint density at radius 2 is 2.39 bits per heavy atom. The second-order valence-corrected chi connectivity index (χ2v) is 3.98. The molecule has 1 N–H and O–H groups in total. The summed E-state index contributed by atoms with van der Waals surface area (Å²) < 4.78 is 0. The number of nitrogens with one attached hydrogen (secondary N) is 1. The molecule has 0 unspecified atom stereocenters. The van der Waals surface area contributed by atoms with Crippen LogP contribution in [-0.2, 0) is 0 Å². The molecule has 1 amide bonds. The number of carbonyl (C=O) groups is 1. The molecule has 0 bridgehead atoms. The van der Waals surface area contributed by atoms with Crippen molar-refractivity contribution in [2.45, 2.75) is 19.8 Å². The Balaban J connectivity index is 2.81. The molecular formula is C13H18N4O. The first-order valence-electron chi connectivity index (χ1n) is 6.01. The topological polar surface area (TPSA) is 69.0 Å². The van der Waals surface area contributed by atoms with Gasteiger partial charge in [-0.2, -0.15) is 5.26 Å². The number of carbonyl (C=O) groups excluding carboxylic acids is 1. The zero-order chi connectivity index (χ0) is 13.4. The lowest BCUT2D eigenvalue weighted by molar-refractivity contribution is 0.0798. The van der Waals surface area contributed by atoms with E-state index in [1.54, 1.807) is 25.5 Å². The molecule has 18 heavy (non-hydrogen) atoms. The monoisotopic (exact) mass is 246 g/mol. The van der Waals surface area contributed by atoms with Gasteiger partial charge in [0.1, 0.15) is 0 Å². The molecule has 1 aromatic rings. The Morgan fingerprint density at radius 3 is 3.06 bits per heavy atom. The highest BCUT2D eigenvalue weighted by Crippen LogP contribution is 2.15. The normalized spacial score (nSPS) is 9.61. The van der Waals surface area contributed by atoms with Crippen LogP contribution in [0.2, 0.25) is 0 Å². The summed E-state index contributed by atoms with van der Waals surface area (Å²) in [7, 11) is 1.69. The fourth-order valence-corrected chi connectivity index (χ4v) is 1.50. The Morgan fingerprint density at radius 1 is 1.61 bits per heavy atom. The number of nitriles is 1. The van der Waals surface area contributed by atoms with Crippen LogP contribution in [0.25, 0.3) is 0 Å². The maximum Gasteiger partial charge on any atom is 0.257 e. The average Bonchev–Trinajstić information content (AvgIpc) is 2.42. The maximum absolute atomic E-state index is 12.2. The van der Waals surface area contributed by atoms with Crippen LogP contribution in [-0.4, -0.2) is 35.9 Å². The van der Waals surface area contributed by atoms with Crippen LogP contribution >= 0.6 is 0 Å². The summed E-state index contributed by atoms with van der Waals surface area (Å²) in [5, 5.41) is 11.7. The van der Waals surface area contributed by atoms with Crippen LogP contribution in [0.4, 0.5) is 5.69 Å². The van der Waals surface area contributed by atoms with Crippen molar-refractivity contribution in [1.82, 2.24) is 9.88 Å². The largest absolute Gasteiger partial charge is 0.384 e. The van der Waals surface area contributed by atoms with Gasteiger partial charge in [0.15, 0.2) is 0 Å². The third-order valence-corrected chi connectivity index (χ3v) is 2.52. The number of pyridine rings is 1. The average molecular weight is 246 g/mol. The molecule has 96 valence electrons. The van der Waals surface area contributed by atoms with Crippen molar-refractivity contribution in [2.24, 2.45) is 0 Å². The molecular weight excluding hydrogens is 228 g/mol. The number of hydrogen-bond acceptors (Lipinski definition) is 4. The quantitative estimate of drug-likeness (QED) is 0.832. The summed E-state index contributed by atoms with van der Waals surface area (Å²) in [5.41, 5.74) is 1.34. The van der Waals surface area contributed by atoms with Gasteiger partial charge in [0.25, 0.3) is 5.91 Å². The highest BCUT2D eigenvalue weighted by molar-refractivity contribution is 5.99. The first-order chi connectivity index (χ1) is 8.70. The van der Waals surface area contributed by atoms with E-state index in [2.05, 4.69) is 17.2 Å². The molecule has 0 aromatic carbocycles. The van der Waals surface area contributed by atoms with E-state index in [1.807, 2.05) is 6.07 Å². The summed E-state index contributed by atoms with van der Waals surface area (Å²) in [6.45, 7) is 3.30. The van der Waals surface area contributed by atoms with E-state index < -0.39 is 0 Å². The van der Waals surface area contributed by atoms with Crippen molar-refractivity contribution in [1.29, 1.82) is 5.26 Å². The standard InChI is InChI=1S/C13H18N4O/c1-3-7-16-12-5-8-15-10-11(12)13(18)17(2)9-4-6-14/h5,8,10H,3-4,7,9H2,1-2H3,(H,15,16). The lowest BCUT2D eigenvalue weighted by atomic mass is 10.2. The molecule has 1 heterocycles. The molecule has 0 aliphatic rings. The smallest absolute Gasteiger partial charge is 0.257 e. The zero-order valence-corrected chi connectivity index (χ0v) is 10.8. The van der Waals surface area contributed by atoms with Crippen LogP contribution in [0.5, 0.6) is 0 Å². The van der Waals surface area contributed by atoms with Crippen LogP contribution in [0, 0.1) is 11.3 Å². The van der Waals surface area contributed by atoms with Crippen molar-refractivity contribution in [3.8, 4) is 6.07 Å². The van der Waals surface area contributed by atoms with Gasteiger partial charge >= 0.3 is 0 Å². The van der Waals surface area contributed by atoms with E-state index in [1.165, 1.54) is 4.90 Å². The van der Waals surface area contributed by atoms with Gasteiger partial charge in [-0.25, -0.2) is 0 Å². The summed E-state index contributed by atoms with van der Waals surface area (Å²) >= 11 is 0. The van der Waals surface area contributed by atoms with Crippen molar-refractivity contribution < 1.29 is 4.79 Å². The molecule has 1 rings (SSSR count). The molecule has 0 saturated carbocycles. The molecule has 0 aliphatic heterocycles. The molecule has 5 nitrogen and oxygen atoms in total. The number of nitrogens with zero attached hydrogens (tertiary/aromatic N) is 3. The van der Waals surface area contributed by atoms with Gasteiger partial charge < -0.3 is 10.2 Å². The highest BCUT2D eigenvalue weighted by Gasteiger charge is 2.15.